The molecule has 0 radical (unpaired) electrons. The van der Waals surface area contributed by atoms with Crippen LogP contribution < -0.4 is 22.5 Å². The highest BCUT2D eigenvalue weighted by Gasteiger charge is 2.13. The van der Waals surface area contributed by atoms with Crippen molar-refractivity contribution in [3.05, 3.63) is 54.1 Å². The highest BCUT2D eigenvalue weighted by molar-refractivity contribution is 5.94. The van der Waals surface area contributed by atoms with Gasteiger partial charge in [0.2, 0.25) is 0 Å². The summed E-state index contributed by atoms with van der Waals surface area (Å²) < 4.78 is 13.1. The van der Waals surface area contributed by atoms with Crippen LogP contribution in [0.4, 0.5) is 4.39 Å². The van der Waals surface area contributed by atoms with E-state index >= 15 is 0 Å². The summed E-state index contributed by atoms with van der Waals surface area (Å²) in [5.74, 6) is -0.350. The summed E-state index contributed by atoms with van der Waals surface area (Å²) >= 11 is 0. The molecule has 0 unspecified atom stereocenters. The van der Waals surface area contributed by atoms with Crippen LogP contribution in [0.15, 0.2) is 47.5 Å². The van der Waals surface area contributed by atoms with E-state index in [0.29, 0.717) is 25.0 Å². The Labute approximate surface area is 167 Å². The monoisotopic (exact) mass is 397 g/mol. The van der Waals surface area contributed by atoms with Gasteiger partial charge in [-0.3, -0.25) is 9.79 Å². The molecule has 1 aromatic heterocycles. The van der Waals surface area contributed by atoms with Crippen molar-refractivity contribution in [3.8, 4) is 11.1 Å². The molecule has 0 saturated heterocycles. The Morgan fingerprint density at radius 1 is 1.17 bits per heavy atom. The van der Waals surface area contributed by atoms with E-state index in [1.165, 1.54) is 12.1 Å². The lowest BCUT2D eigenvalue weighted by molar-refractivity contribution is 0.0941. The summed E-state index contributed by atoms with van der Waals surface area (Å²) in [6, 6.07) is 11.6. The third-order valence-corrected chi connectivity index (χ3v) is 4.43. The van der Waals surface area contributed by atoms with Gasteiger partial charge in [-0.2, -0.15) is 0 Å². The second kappa shape index (κ2) is 9.16. The summed E-state index contributed by atoms with van der Waals surface area (Å²) in [6.07, 6.45) is 1.41. The molecule has 2 aromatic carbocycles. The third-order valence-electron chi connectivity index (χ3n) is 4.43. The van der Waals surface area contributed by atoms with Gasteiger partial charge in [0, 0.05) is 19.1 Å². The number of rotatable bonds is 8. The first kappa shape index (κ1) is 20.3. The van der Waals surface area contributed by atoms with Crippen LogP contribution in [0, 0.1) is 5.82 Å². The fourth-order valence-electron chi connectivity index (χ4n) is 2.91. The first-order chi connectivity index (χ1) is 13.9. The molecule has 0 spiro atoms. The van der Waals surface area contributed by atoms with Crippen molar-refractivity contribution < 1.29 is 9.18 Å². The van der Waals surface area contributed by atoms with E-state index in [0.717, 1.165) is 23.1 Å². The maximum atomic E-state index is 13.1. The van der Waals surface area contributed by atoms with Crippen LogP contribution in [0.5, 0.6) is 0 Å². The van der Waals surface area contributed by atoms with Crippen LogP contribution in [0.3, 0.4) is 0 Å². The molecule has 1 heterocycles. The van der Waals surface area contributed by atoms with Gasteiger partial charge >= 0.3 is 0 Å². The van der Waals surface area contributed by atoms with E-state index in [1.807, 2.05) is 18.2 Å². The van der Waals surface area contributed by atoms with E-state index in [-0.39, 0.29) is 29.6 Å². The number of hydrogen-bond acceptors (Lipinski definition) is 4. The van der Waals surface area contributed by atoms with Crippen molar-refractivity contribution >= 4 is 22.9 Å². The Kier molecular flexibility index (Phi) is 6.40. The molecule has 9 heteroatoms. The number of H-pyrrole nitrogens is 1. The van der Waals surface area contributed by atoms with Crippen LogP contribution in [0.2, 0.25) is 0 Å². The Hall–Kier alpha value is -3.46. The molecule has 0 aliphatic heterocycles. The molecule has 0 aliphatic rings. The lowest BCUT2D eigenvalue weighted by Gasteiger charge is -2.11. The maximum absolute atomic E-state index is 13.1. The molecular formula is C20H24FN7O. The molecule has 8 N–H and O–H groups in total. The number of benzene rings is 2. The number of hydrogen-bond donors (Lipinski definition) is 5. The van der Waals surface area contributed by atoms with Gasteiger partial charge in [0.15, 0.2) is 11.8 Å². The molecule has 8 nitrogen and oxygen atoms in total. The number of nitrogens with two attached hydrogens (primary N) is 3. The average molecular weight is 397 g/mol. The predicted molar refractivity (Wildman–Crippen MR) is 112 cm³/mol. The molecule has 29 heavy (non-hydrogen) atoms. The minimum absolute atomic E-state index is 0.0549. The number of halogens is 1. The van der Waals surface area contributed by atoms with E-state index in [2.05, 4.69) is 20.3 Å². The van der Waals surface area contributed by atoms with Gasteiger partial charge in [-0.15, -0.1) is 0 Å². The van der Waals surface area contributed by atoms with Gasteiger partial charge in [0.1, 0.15) is 5.82 Å². The standard InChI is InChI=1S/C20H24FN7O/c21-14-6-3-12(4-7-14)13-5-8-16-17(10-13)28-18(27-16)19(29)26-11-15(22)2-1-9-25-20(23)24/h3-8,10,15H,1-2,9,11,22H2,(H,26,29)(H,27,28)(H4,23,24,25)/t15-/m0/s1. The molecule has 0 bridgehead atoms. The van der Waals surface area contributed by atoms with E-state index in [9.17, 15) is 9.18 Å². The van der Waals surface area contributed by atoms with Crippen molar-refractivity contribution in [1.82, 2.24) is 15.3 Å². The van der Waals surface area contributed by atoms with Crippen molar-refractivity contribution in [3.63, 3.8) is 0 Å². The molecule has 3 aromatic rings. The zero-order valence-corrected chi connectivity index (χ0v) is 15.9. The Balaban J connectivity index is 1.60. The van der Waals surface area contributed by atoms with Crippen LogP contribution in [0.25, 0.3) is 22.2 Å². The lowest BCUT2D eigenvalue weighted by atomic mass is 10.1. The van der Waals surface area contributed by atoms with Crippen molar-refractivity contribution in [1.29, 1.82) is 0 Å². The fraction of sp³-hybridized carbons (Fsp3) is 0.250. The minimum atomic E-state index is -0.329. The second-order valence-corrected chi connectivity index (χ2v) is 6.74. The largest absolute Gasteiger partial charge is 0.370 e. The number of aromatic amines is 1. The number of aliphatic imine (C=N–C) groups is 1. The third kappa shape index (κ3) is 5.52. The highest BCUT2D eigenvalue weighted by Crippen LogP contribution is 2.23. The van der Waals surface area contributed by atoms with Gasteiger partial charge in [0.05, 0.1) is 11.0 Å². The molecule has 0 fully saturated rings. The topological polar surface area (TPSA) is 148 Å². The van der Waals surface area contributed by atoms with Gasteiger partial charge < -0.3 is 27.5 Å². The van der Waals surface area contributed by atoms with E-state index in [4.69, 9.17) is 17.2 Å². The van der Waals surface area contributed by atoms with Gasteiger partial charge in [-0.25, -0.2) is 9.37 Å². The van der Waals surface area contributed by atoms with Gasteiger partial charge in [0.25, 0.3) is 5.91 Å². The van der Waals surface area contributed by atoms with Gasteiger partial charge in [-0.05, 0) is 48.2 Å². The number of nitrogens with zero attached hydrogens (tertiary/aromatic N) is 2. The summed E-state index contributed by atoms with van der Waals surface area (Å²) in [5.41, 5.74) is 19.7. The summed E-state index contributed by atoms with van der Waals surface area (Å²) in [7, 11) is 0. The quantitative estimate of drug-likeness (QED) is 0.222. The fourth-order valence-corrected chi connectivity index (χ4v) is 2.91. The van der Waals surface area contributed by atoms with Crippen LogP contribution in [-0.2, 0) is 0 Å². The van der Waals surface area contributed by atoms with Crippen LogP contribution >= 0.6 is 0 Å². The molecule has 0 aliphatic carbocycles. The molecular weight excluding hydrogens is 373 g/mol. The average Bonchev–Trinajstić information content (AvgIpc) is 3.13. The number of fused-ring (bicyclic) bond motifs is 1. The molecule has 3 rings (SSSR count). The molecule has 1 amide bonds. The number of amides is 1. The molecule has 152 valence electrons. The van der Waals surface area contributed by atoms with Crippen molar-refractivity contribution in [2.75, 3.05) is 13.1 Å². The number of carbonyl (C=O) groups excluding carboxylic acids is 1. The van der Waals surface area contributed by atoms with Crippen LogP contribution in [-0.4, -0.2) is 41.0 Å². The lowest BCUT2D eigenvalue weighted by Crippen LogP contribution is -2.37. The SMILES string of the molecule is NC(N)=NCCC[C@H](N)CNC(=O)c1nc2ccc(-c3ccc(F)cc3)cc2[nH]1. The van der Waals surface area contributed by atoms with E-state index < -0.39 is 0 Å². The normalized spacial score (nSPS) is 11.9. The zero-order valence-electron chi connectivity index (χ0n) is 15.9. The van der Waals surface area contributed by atoms with Crippen molar-refractivity contribution in [2.24, 2.45) is 22.2 Å². The van der Waals surface area contributed by atoms with Crippen LogP contribution in [0.1, 0.15) is 23.5 Å². The van der Waals surface area contributed by atoms with E-state index in [1.54, 1.807) is 12.1 Å². The van der Waals surface area contributed by atoms with Gasteiger partial charge in [-0.1, -0.05) is 18.2 Å². The second-order valence-electron chi connectivity index (χ2n) is 6.74. The first-order valence-corrected chi connectivity index (χ1v) is 9.27. The summed E-state index contributed by atoms with van der Waals surface area (Å²) in [4.78, 5) is 23.6. The first-order valence-electron chi connectivity index (χ1n) is 9.27. The maximum Gasteiger partial charge on any atom is 0.287 e. The number of carbonyl (C=O) groups is 1. The number of nitrogens with one attached hydrogen (secondary N) is 2. The Bertz CT molecular complexity index is 1010. The summed E-state index contributed by atoms with van der Waals surface area (Å²) in [5, 5.41) is 2.78. The Morgan fingerprint density at radius 3 is 2.62 bits per heavy atom. The Morgan fingerprint density at radius 2 is 1.90 bits per heavy atom. The summed E-state index contributed by atoms with van der Waals surface area (Å²) in [6.45, 7) is 0.822. The number of aromatic nitrogens is 2. The molecule has 1 atom stereocenters. The minimum Gasteiger partial charge on any atom is -0.370 e. The highest BCUT2D eigenvalue weighted by atomic mass is 19.1. The molecule has 0 saturated carbocycles. The number of imidazole rings is 1. The zero-order chi connectivity index (χ0) is 20.8. The van der Waals surface area contributed by atoms with Crippen molar-refractivity contribution in [2.45, 2.75) is 18.9 Å². The predicted octanol–water partition coefficient (Wildman–Crippen LogP) is 1.48. The smallest absolute Gasteiger partial charge is 0.287 e. The number of guanidine groups is 1.